The number of rotatable bonds is 3. The summed E-state index contributed by atoms with van der Waals surface area (Å²) in [6.45, 7) is 0. The first kappa shape index (κ1) is 12.3. The molecule has 0 aliphatic rings. The van der Waals surface area contributed by atoms with E-state index in [1.807, 2.05) is 0 Å². The molecule has 5 nitrogen and oxygen atoms in total. The van der Waals surface area contributed by atoms with Crippen molar-refractivity contribution in [3.05, 3.63) is 48.5 Å². The summed E-state index contributed by atoms with van der Waals surface area (Å²) in [6.07, 6.45) is 2.75. The van der Waals surface area contributed by atoms with Gasteiger partial charge in [-0.2, -0.15) is 0 Å². The lowest BCUT2D eigenvalue weighted by atomic mass is 10.4. The molecule has 0 unspecified atom stereocenters. The highest BCUT2D eigenvalue weighted by atomic mass is 32.2. The van der Waals surface area contributed by atoms with Crippen molar-refractivity contribution < 1.29 is 12.8 Å². The fraction of sp³-hybridized carbons (Fsp3) is 0. The quantitative estimate of drug-likeness (QED) is 0.884. The van der Waals surface area contributed by atoms with Crippen LogP contribution < -0.4 is 10.5 Å². The minimum atomic E-state index is -3.78. The van der Waals surface area contributed by atoms with Crippen LogP contribution in [0.2, 0.25) is 0 Å². The van der Waals surface area contributed by atoms with Gasteiger partial charge in [0.1, 0.15) is 5.82 Å². The Labute approximate surface area is 104 Å². The molecule has 0 saturated carbocycles. The Hall–Kier alpha value is -2.15. The van der Waals surface area contributed by atoms with Gasteiger partial charge in [-0.15, -0.1) is 0 Å². The molecular formula is C11H10FN3O2S. The lowest BCUT2D eigenvalue weighted by molar-refractivity contribution is 0.599. The second-order valence-electron chi connectivity index (χ2n) is 3.52. The van der Waals surface area contributed by atoms with Crippen LogP contribution in [-0.4, -0.2) is 13.4 Å². The second kappa shape index (κ2) is 4.61. The van der Waals surface area contributed by atoms with Gasteiger partial charge in [-0.1, -0.05) is 0 Å². The number of anilines is 2. The van der Waals surface area contributed by atoms with Crippen molar-refractivity contribution in [3.63, 3.8) is 0 Å². The van der Waals surface area contributed by atoms with E-state index in [4.69, 9.17) is 5.73 Å². The molecule has 1 aromatic heterocycles. The lowest BCUT2D eigenvalue weighted by Crippen LogP contribution is -2.14. The number of aromatic nitrogens is 1. The molecule has 1 aromatic carbocycles. The number of benzene rings is 1. The fourth-order valence-corrected chi connectivity index (χ4v) is 2.40. The maximum absolute atomic E-state index is 12.7. The van der Waals surface area contributed by atoms with Crippen molar-refractivity contribution in [1.82, 2.24) is 4.98 Å². The summed E-state index contributed by atoms with van der Waals surface area (Å²) in [6, 6.07) is 5.94. The SMILES string of the molecule is Nc1cnccc1NS(=O)(=O)c1ccc(F)cc1. The molecular weight excluding hydrogens is 257 g/mol. The van der Waals surface area contributed by atoms with Crippen LogP contribution in [0.4, 0.5) is 15.8 Å². The Morgan fingerprint density at radius 3 is 2.44 bits per heavy atom. The second-order valence-corrected chi connectivity index (χ2v) is 5.20. The number of sulfonamides is 1. The summed E-state index contributed by atoms with van der Waals surface area (Å²) in [5.74, 6) is -0.502. The maximum Gasteiger partial charge on any atom is 0.261 e. The molecule has 0 amide bonds. The number of nitrogens with one attached hydrogen (secondary N) is 1. The van der Waals surface area contributed by atoms with Crippen LogP contribution in [0.5, 0.6) is 0 Å². The average Bonchev–Trinajstić information content (AvgIpc) is 2.32. The number of nitrogens with two attached hydrogens (primary N) is 1. The highest BCUT2D eigenvalue weighted by Gasteiger charge is 2.15. The topological polar surface area (TPSA) is 85.1 Å². The summed E-state index contributed by atoms with van der Waals surface area (Å²) in [5.41, 5.74) is 6.02. The maximum atomic E-state index is 12.7. The average molecular weight is 267 g/mol. The van der Waals surface area contributed by atoms with E-state index >= 15 is 0 Å². The lowest BCUT2D eigenvalue weighted by Gasteiger charge is -2.09. The highest BCUT2D eigenvalue weighted by Crippen LogP contribution is 2.20. The van der Waals surface area contributed by atoms with Crippen molar-refractivity contribution in [2.45, 2.75) is 4.90 Å². The van der Waals surface area contributed by atoms with Gasteiger partial charge in [0, 0.05) is 6.20 Å². The Morgan fingerprint density at radius 1 is 1.17 bits per heavy atom. The third-order valence-electron chi connectivity index (χ3n) is 2.22. The van der Waals surface area contributed by atoms with Crippen LogP contribution in [0.15, 0.2) is 47.6 Å². The first-order valence-corrected chi connectivity index (χ1v) is 6.45. The summed E-state index contributed by atoms with van der Waals surface area (Å²) in [7, 11) is -3.78. The Morgan fingerprint density at radius 2 is 1.83 bits per heavy atom. The Balaban J connectivity index is 2.33. The van der Waals surface area contributed by atoms with Gasteiger partial charge in [0.05, 0.1) is 22.5 Å². The molecule has 94 valence electrons. The predicted molar refractivity (Wildman–Crippen MR) is 65.9 cm³/mol. The summed E-state index contributed by atoms with van der Waals surface area (Å²) >= 11 is 0. The molecule has 0 aliphatic heterocycles. The standard InChI is InChI=1S/C11H10FN3O2S/c12-8-1-3-9(4-2-8)18(16,17)15-11-5-6-14-7-10(11)13/h1-7H,13H2,(H,14,15). The van der Waals surface area contributed by atoms with Crippen molar-refractivity contribution in [1.29, 1.82) is 0 Å². The molecule has 0 aliphatic carbocycles. The van der Waals surface area contributed by atoms with E-state index in [0.29, 0.717) is 0 Å². The van der Waals surface area contributed by atoms with Gasteiger partial charge < -0.3 is 5.73 Å². The monoisotopic (exact) mass is 267 g/mol. The van der Waals surface area contributed by atoms with E-state index in [0.717, 1.165) is 12.1 Å². The molecule has 0 spiro atoms. The zero-order valence-corrected chi connectivity index (χ0v) is 9.99. The summed E-state index contributed by atoms with van der Waals surface area (Å²) in [4.78, 5) is 3.71. The molecule has 1 heterocycles. The van der Waals surface area contributed by atoms with E-state index in [-0.39, 0.29) is 16.3 Å². The van der Waals surface area contributed by atoms with E-state index in [9.17, 15) is 12.8 Å². The number of hydrogen-bond donors (Lipinski definition) is 2. The van der Waals surface area contributed by atoms with Gasteiger partial charge >= 0.3 is 0 Å². The van der Waals surface area contributed by atoms with Crippen LogP contribution in [-0.2, 0) is 10.0 Å². The van der Waals surface area contributed by atoms with Crippen LogP contribution in [0.1, 0.15) is 0 Å². The van der Waals surface area contributed by atoms with E-state index in [1.54, 1.807) is 0 Å². The zero-order valence-electron chi connectivity index (χ0n) is 9.17. The van der Waals surface area contributed by atoms with Crippen LogP contribution in [0, 0.1) is 5.82 Å². The van der Waals surface area contributed by atoms with Gasteiger partial charge in [-0.25, -0.2) is 12.8 Å². The molecule has 0 atom stereocenters. The molecule has 0 fully saturated rings. The Bertz CT molecular complexity index is 656. The third-order valence-corrected chi connectivity index (χ3v) is 3.60. The molecule has 2 aromatic rings. The van der Waals surface area contributed by atoms with Gasteiger partial charge in [0.15, 0.2) is 0 Å². The molecule has 2 rings (SSSR count). The van der Waals surface area contributed by atoms with Gasteiger partial charge in [-0.05, 0) is 30.3 Å². The zero-order chi connectivity index (χ0) is 13.2. The van der Waals surface area contributed by atoms with Crippen LogP contribution >= 0.6 is 0 Å². The minimum absolute atomic E-state index is 0.0416. The van der Waals surface area contributed by atoms with Crippen molar-refractivity contribution >= 4 is 21.4 Å². The summed E-state index contributed by atoms with van der Waals surface area (Å²) in [5, 5.41) is 0. The predicted octanol–water partition coefficient (Wildman–Crippen LogP) is 1.60. The van der Waals surface area contributed by atoms with E-state index in [1.165, 1.54) is 30.6 Å². The van der Waals surface area contributed by atoms with Gasteiger partial charge in [0.25, 0.3) is 10.0 Å². The number of pyridine rings is 1. The van der Waals surface area contributed by atoms with E-state index in [2.05, 4.69) is 9.71 Å². The largest absolute Gasteiger partial charge is 0.396 e. The third kappa shape index (κ3) is 2.57. The highest BCUT2D eigenvalue weighted by molar-refractivity contribution is 7.92. The number of halogens is 1. The van der Waals surface area contributed by atoms with Gasteiger partial charge in [-0.3, -0.25) is 9.71 Å². The normalized spacial score (nSPS) is 11.2. The minimum Gasteiger partial charge on any atom is -0.396 e. The molecule has 0 saturated heterocycles. The number of nitrogens with zero attached hydrogens (tertiary/aromatic N) is 1. The van der Waals surface area contributed by atoms with Gasteiger partial charge in [0.2, 0.25) is 0 Å². The van der Waals surface area contributed by atoms with Crippen LogP contribution in [0.3, 0.4) is 0 Å². The fourth-order valence-electron chi connectivity index (χ4n) is 1.32. The molecule has 18 heavy (non-hydrogen) atoms. The molecule has 3 N–H and O–H groups in total. The number of nitrogen functional groups attached to an aromatic ring is 1. The molecule has 0 bridgehead atoms. The van der Waals surface area contributed by atoms with Crippen molar-refractivity contribution in [2.24, 2.45) is 0 Å². The van der Waals surface area contributed by atoms with Crippen molar-refractivity contribution in [2.75, 3.05) is 10.5 Å². The smallest absolute Gasteiger partial charge is 0.261 e. The Kier molecular flexibility index (Phi) is 3.15. The van der Waals surface area contributed by atoms with Crippen molar-refractivity contribution in [3.8, 4) is 0 Å². The molecule has 7 heteroatoms. The first-order valence-electron chi connectivity index (χ1n) is 4.97. The number of hydrogen-bond acceptors (Lipinski definition) is 4. The van der Waals surface area contributed by atoms with Crippen LogP contribution in [0.25, 0.3) is 0 Å². The molecule has 0 radical (unpaired) electrons. The first-order chi connectivity index (χ1) is 8.49. The van der Waals surface area contributed by atoms with E-state index < -0.39 is 15.8 Å². The summed E-state index contributed by atoms with van der Waals surface area (Å²) < 4.78 is 38.9.